The SMILES string of the molecule is O=C(O)C1C[C@@H](O)C(OS(=O)(=O)O)[C@H](CCCCCCCCCCCO)O1. The van der Waals surface area contributed by atoms with Gasteiger partial charge in [-0.15, -0.1) is 0 Å². The fourth-order valence-corrected chi connectivity index (χ4v) is 3.83. The summed E-state index contributed by atoms with van der Waals surface area (Å²) in [6.07, 6.45) is 4.02. The quantitative estimate of drug-likeness (QED) is 0.247. The van der Waals surface area contributed by atoms with Gasteiger partial charge in [-0.3, -0.25) is 4.55 Å². The Morgan fingerprint density at radius 1 is 1.00 bits per heavy atom. The Morgan fingerprint density at radius 2 is 1.52 bits per heavy atom. The van der Waals surface area contributed by atoms with Crippen molar-refractivity contribution in [3.63, 3.8) is 0 Å². The van der Waals surface area contributed by atoms with Gasteiger partial charge in [0, 0.05) is 13.0 Å². The number of unbranched alkanes of at least 4 members (excludes halogenated alkanes) is 8. The molecule has 1 heterocycles. The van der Waals surface area contributed by atoms with E-state index in [0.29, 0.717) is 12.8 Å². The molecule has 1 aliphatic heterocycles. The number of ether oxygens (including phenoxy) is 1. The average Bonchev–Trinajstić information content (AvgIpc) is 2.57. The number of hydrogen-bond acceptors (Lipinski definition) is 7. The molecular weight excluding hydrogens is 380 g/mol. The Bertz CT molecular complexity index is 522. The lowest BCUT2D eigenvalue weighted by atomic mass is 9.94. The van der Waals surface area contributed by atoms with Gasteiger partial charge < -0.3 is 20.1 Å². The van der Waals surface area contributed by atoms with Crippen LogP contribution < -0.4 is 0 Å². The molecular formula is C17H32O9S. The van der Waals surface area contributed by atoms with Gasteiger partial charge in [-0.1, -0.05) is 51.4 Å². The molecule has 1 saturated heterocycles. The van der Waals surface area contributed by atoms with E-state index in [1.165, 1.54) is 0 Å². The number of hydrogen-bond donors (Lipinski definition) is 4. The maximum Gasteiger partial charge on any atom is 0.397 e. The molecule has 2 unspecified atom stereocenters. The number of aliphatic hydroxyl groups is 2. The highest BCUT2D eigenvalue weighted by atomic mass is 32.3. The van der Waals surface area contributed by atoms with Gasteiger partial charge in [0.25, 0.3) is 0 Å². The van der Waals surface area contributed by atoms with E-state index in [1.807, 2.05) is 0 Å². The maximum absolute atomic E-state index is 11.1. The minimum atomic E-state index is -4.78. The Hall–Kier alpha value is -0.780. The molecule has 0 aromatic heterocycles. The Labute approximate surface area is 160 Å². The van der Waals surface area contributed by atoms with Crippen LogP contribution in [0.25, 0.3) is 0 Å². The molecule has 0 aromatic carbocycles. The number of carbonyl (C=O) groups is 1. The van der Waals surface area contributed by atoms with Crippen LogP contribution in [0.4, 0.5) is 0 Å². The summed E-state index contributed by atoms with van der Waals surface area (Å²) in [4.78, 5) is 11.1. The molecule has 1 aliphatic rings. The Balaban J connectivity index is 2.35. The molecule has 0 aliphatic carbocycles. The minimum absolute atomic E-state index is 0.239. The predicted molar refractivity (Wildman–Crippen MR) is 96.6 cm³/mol. The molecule has 0 radical (unpaired) electrons. The van der Waals surface area contributed by atoms with Crippen LogP contribution in [0.5, 0.6) is 0 Å². The molecule has 0 saturated carbocycles. The largest absolute Gasteiger partial charge is 0.479 e. The molecule has 160 valence electrons. The molecule has 27 heavy (non-hydrogen) atoms. The summed E-state index contributed by atoms with van der Waals surface area (Å²) in [5, 5.41) is 27.8. The molecule has 9 nitrogen and oxygen atoms in total. The summed E-state index contributed by atoms with van der Waals surface area (Å²) >= 11 is 0. The van der Waals surface area contributed by atoms with Crippen molar-refractivity contribution in [1.82, 2.24) is 0 Å². The van der Waals surface area contributed by atoms with Crippen LogP contribution in [0, 0.1) is 0 Å². The van der Waals surface area contributed by atoms with Crippen molar-refractivity contribution < 1.29 is 42.0 Å². The number of rotatable bonds is 14. The summed E-state index contributed by atoms with van der Waals surface area (Å²) in [5.74, 6) is -1.23. The Kier molecular flexibility index (Phi) is 11.4. The van der Waals surface area contributed by atoms with Gasteiger partial charge in [0.1, 0.15) is 6.10 Å². The van der Waals surface area contributed by atoms with E-state index in [9.17, 15) is 18.3 Å². The lowest BCUT2D eigenvalue weighted by Crippen LogP contribution is -2.52. The maximum atomic E-state index is 11.1. The first kappa shape index (κ1) is 24.3. The van der Waals surface area contributed by atoms with E-state index in [1.54, 1.807) is 0 Å². The van der Waals surface area contributed by atoms with Crippen molar-refractivity contribution in [3.05, 3.63) is 0 Å². The van der Waals surface area contributed by atoms with E-state index < -0.39 is 40.8 Å². The van der Waals surface area contributed by atoms with Crippen LogP contribution in [0.3, 0.4) is 0 Å². The van der Waals surface area contributed by atoms with Crippen LogP contribution in [-0.4, -0.2) is 65.3 Å². The summed E-state index contributed by atoms with van der Waals surface area (Å²) in [7, 11) is -4.78. The normalized spacial score (nSPS) is 26.2. The first-order valence-electron chi connectivity index (χ1n) is 9.57. The molecule has 0 spiro atoms. The van der Waals surface area contributed by atoms with E-state index in [2.05, 4.69) is 4.18 Å². The Morgan fingerprint density at radius 3 is 2.00 bits per heavy atom. The summed E-state index contributed by atoms with van der Waals surface area (Å²) < 4.78 is 40.7. The monoisotopic (exact) mass is 412 g/mol. The number of aliphatic carboxylic acids is 1. The van der Waals surface area contributed by atoms with Crippen molar-refractivity contribution in [2.75, 3.05) is 6.61 Å². The van der Waals surface area contributed by atoms with Crippen LogP contribution in [0.2, 0.25) is 0 Å². The molecule has 10 heteroatoms. The van der Waals surface area contributed by atoms with E-state index in [0.717, 1.165) is 51.4 Å². The molecule has 0 aromatic rings. The van der Waals surface area contributed by atoms with E-state index in [4.69, 9.17) is 19.5 Å². The van der Waals surface area contributed by atoms with Gasteiger partial charge in [0.2, 0.25) is 0 Å². The van der Waals surface area contributed by atoms with Gasteiger partial charge in [-0.05, 0) is 12.8 Å². The van der Waals surface area contributed by atoms with Crippen molar-refractivity contribution in [2.45, 2.75) is 95.0 Å². The van der Waals surface area contributed by atoms with Gasteiger partial charge >= 0.3 is 16.4 Å². The second kappa shape index (κ2) is 12.6. The summed E-state index contributed by atoms with van der Waals surface area (Å²) in [6, 6.07) is 0. The summed E-state index contributed by atoms with van der Waals surface area (Å²) in [5.41, 5.74) is 0. The van der Waals surface area contributed by atoms with Crippen molar-refractivity contribution in [2.24, 2.45) is 0 Å². The highest BCUT2D eigenvalue weighted by Gasteiger charge is 2.43. The number of aliphatic hydroxyl groups excluding tert-OH is 2. The van der Waals surface area contributed by atoms with Gasteiger partial charge in [-0.2, -0.15) is 8.42 Å². The molecule has 1 rings (SSSR count). The third kappa shape index (κ3) is 10.4. The molecule has 0 amide bonds. The lowest BCUT2D eigenvalue weighted by Gasteiger charge is -2.37. The molecule has 4 atom stereocenters. The fourth-order valence-electron chi connectivity index (χ4n) is 3.30. The average molecular weight is 413 g/mol. The molecule has 4 N–H and O–H groups in total. The zero-order valence-corrected chi connectivity index (χ0v) is 16.3. The topological polar surface area (TPSA) is 151 Å². The van der Waals surface area contributed by atoms with E-state index in [-0.39, 0.29) is 13.0 Å². The minimum Gasteiger partial charge on any atom is -0.479 e. The first-order valence-corrected chi connectivity index (χ1v) is 10.9. The summed E-state index contributed by atoms with van der Waals surface area (Å²) in [6.45, 7) is 0.239. The van der Waals surface area contributed by atoms with E-state index >= 15 is 0 Å². The zero-order valence-electron chi connectivity index (χ0n) is 15.5. The van der Waals surface area contributed by atoms with Crippen LogP contribution in [-0.2, 0) is 24.1 Å². The highest BCUT2D eigenvalue weighted by Crippen LogP contribution is 2.28. The van der Waals surface area contributed by atoms with Gasteiger partial charge in [0.05, 0.1) is 12.2 Å². The second-order valence-electron chi connectivity index (χ2n) is 6.99. The van der Waals surface area contributed by atoms with Gasteiger partial charge in [-0.25, -0.2) is 8.98 Å². The van der Waals surface area contributed by atoms with Gasteiger partial charge in [0.15, 0.2) is 6.10 Å². The third-order valence-electron chi connectivity index (χ3n) is 4.70. The van der Waals surface area contributed by atoms with Crippen molar-refractivity contribution in [3.8, 4) is 0 Å². The zero-order chi connectivity index (χ0) is 20.3. The standard InChI is InChI=1S/C17H32O9S/c18-11-9-7-5-3-1-2-4-6-8-10-14-16(26-27(22,23)24)13(19)12-15(25-14)17(20)21/h13-16,18-19H,1-12H2,(H,20,21)(H,22,23,24)/t13-,14+,15?,16?/m1/s1. The highest BCUT2D eigenvalue weighted by molar-refractivity contribution is 7.80. The fraction of sp³-hybridized carbons (Fsp3) is 0.941. The molecule has 0 bridgehead atoms. The first-order chi connectivity index (χ1) is 12.7. The third-order valence-corrected chi connectivity index (χ3v) is 5.16. The molecule has 1 fully saturated rings. The van der Waals surface area contributed by atoms with Crippen molar-refractivity contribution >= 4 is 16.4 Å². The second-order valence-corrected chi connectivity index (χ2v) is 8.04. The van der Waals surface area contributed by atoms with Crippen LogP contribution >= 0.6 is 0 Å². The van der Waals surface area contributed by atoms with Crippen LogP contribution in [0.15, 0.2) is 0 Å². The smallest absolute Gasteiger partial charge is 0.397 e. The predicted octanol–water partition coefficient (Wildman–Crippen LogP) is 1.67. The number of carboxylic acids is 1. The lowest BCUT2D eigenvalue weighted by molar-refractivity contribution is -0.186. The van der Waals surface area contributed by atoms with Crippen LogP contribution in [0.1, 0.15) is 70.6 Å². The number of carboxylic acid groups (broad SMARTS) is 1. The van der Waals surface area contributed by atoms with Crippen molar-refractivity contribution in [1.29, 1.82) is 0 Å².